The summed E-state index contributed by atoms with van der Waals surface area (Å²) in [5.74, 6) is -1.28. The third-order valence-electron chi connectivity index (χ3n) is 2.09. The molecule has 0 aromatic heterocycles. The van der Waals surface area contributed by atoms with Crippen molar-refractivity contribution in [2.24, 2.45) is 0 Å². The molecule has 0 aliphatic rings. The fraction of sp³-hybridized carbons (Fsp3) is 0.364. The van der Waals surface area contributed by atoms with Crippen LogP contribution in [0.2, 0.25) is 0 Å². The summed E-state index contributed by atoms with van der Waals surface area (Å²) in [6.45, 7) is 0.0839. The molecule has 1 amide bonds. The third kappa shape index (κ3) is 4.01. The lowest BCUT2D eigenvalue weighted by molar-refractivity contribution is 0.0609. The van der Waals surface area contributed by atoms with Crippen molar-refractivity contribution in [1.29, 1.82) is 0 Å². The van der Waals surface area contributed by atoms with E-state index < -0.39 is 17.8 Å². The number of amides is 1. The topological polar surface area (TPSA) is 84.6 Å². The van der Waals surface area contributed by atoms with E-state index >= 15 is 0 Å². The van der Waals surface area contributed by atoms with Crippen LogP contribution in [0.15, 0.2) is 18.2 Å². The minimum atomic E-state index is -0.826. The molecule has 0 saturated heterocycles. The lowest BCUT2D eigenvalue weighted by atomic mass is 10.1. The number of hydrogen-bond donors (Lipinski definition) is 3. The van der Waals surface area contributed by atoms with E-state index in [0.717, 1.165) is 6.07 Å². The normalized spacial score (nSPS) is 12.2. The first-order chi connectivity index (χ1) is 8.04. The van der Waals surface area contributed by atoms with Crippen LogP contribution in [0.3, 0.4) is 0 Å². The highest BCUT2D eigenvalue weighted by molar-refractivity contribution is 5.95. The number of benzene rings is 1. The van der Waals surface area contributed by atoms with Crippen LogP contribution in [0.1, 0.15) is 10.4 Å². The maximum absolute atomic E-state index is 13.3. The number of nitrogens with two attached hydrogens (primary N) is 1. The summed E-state index contributed by atoms with van der Waals surface area (Å²) in [7, 11) is 1.43. The second-order valence-corrected chi connectivity index (χ2v) is 3.56. The van der Waals surface area contributed by atoms with E-state index in [9.17, 15) is 14.3 Å². The van der Waals surface area contributed by atoms with Gasteiger partial charge in [-0.25, -0.2) is 4.39 Å². The summed E-state index contributed by atoms with van der Waals surface area (Å²) in [5.41, 5.74) is 5.61. The summed E-state index contributed by atoms with van der Waals surface area (Å²) >= 11 is 0. The van der Waals surface area contributed by atoms with E-state index in [2.05, 4.69) is 10.1 Å². The molecule has 0 saturated carbocycles. The van der Waals surface area contributed by atoms with Gasteiger partial charge in [-0.15, -0.1) is 0 Å². The summed E-state index contributed by atoms with van der Waals surface area (Å²) in [4.78, 5) is 11.6. The molecular formula is C11H15FN2O3. The van der Waals surface area contributed by atoms with Crippen LogP contribution in [-0.2, 0) is 4.74 Å². The molecule has 0 fully saturated rings. The van der Waals surface area contributed by atoms with Crippen LogP contribution in [0.4, 0.5) is 10.1 Å². The van der Waals surface area contributed by atoms with E-state index in [0.29, 0.717) is 5.69 Å². The van der Waals surface area contributed by atoms with Gasteiger partial charge in [-0.1, -0.05) is 0 Å². The lowest BCUT2D eigenvalue weighted by Crippen LogP contribution is -2.34. The molecule has 1 unspecified atom stereocenters. The van der Waals surface area contributed by atoms with Crippen LogP contribution in [0.25, 0.3) is 0 Å². The lowest BCUT2D eigenvalue weighted by Gasteiger charge is -2.11. The van der Waals surface area contributed by atoms with Gasteiger partial charge in [-0.05, 0) is 18.2 Å². The number of rotatable bonds is 5. The quantitative estimate of drug-likeness (QED) is 0.641. The fourth-order valence-corrected chi connectivity index (χ4v) is 1.27. The molecule has 1 rings (SSSR count). The molecule has 6 heteroatoms. The van der Waals surface area contributed by atoms with E-state index in [1.54, 1.807) is 0 Å². The Hall–Kier alpha value is -1.66. The van der Waals surface area contributed by atoms with Gasteiger partial charge < -0.3 is 20.9 Å². The number of halogens is 1. The number of hydrogen-bond acceptors (Lipinski definition) is 4. The summed E-state index contributed by atoms with van der Waals surface area (Å²) < 4.78 is 18.0. The monoisotopic (exact) mass is 242 g/mol. The molecule has 0 radical (unpaired) electrons. The molecule has 1 aromatic rings. The first-order valence-corrected chi connectivity index (χ1v) is 5.04. The van der Waals surface area contributed by atoms with Gasteiger partial charge in [-0.3, -0.25) is 4.79 Å². The van der Waals surface area contributed by atoms with Gasteiger partial charge in [0.2, 0.25) is 0 Å². The number of methoxy groups -OCH3 is 1. The molecule has 1 aromatic carbocycles. The third-order valence-corrected chi connectivity index (χ3v) is 2.09. The number of anilines is 1. The smallest absolute Gasteiger partial charge is 0.254 e. The van der Waals surface area contributed by atoms with E-state index in [1.165, 1.54) is 19.2 Å². The molecule has 1 atom stereocenters. The van der Waals surface area contributed by atoms with Gasteiger partial charge in [0.25, 0.3) is 5.91 Å². The number of aliphatic hydroxyl groups is 1. The minimum Gasteiger partial charge on any atom is -0.399 e. The van der Waals surface area contributed by atoms with Crippen LogP contribution in [0, 0.1) is 5.82 Å². The summed E-state index contributed by atoms with van der Waals surface area (Å²) in [6, 6.07) is 3.73. The Labute approximate surface area is 98.4 Å². The first-order valence-electron chi connectivity index (χ1n) is 5.04. The van der Waals surface area contributed by atoms with Crippen molar-refractivity contribution in [3.8, 4) is 0 Å². The maximum Gasteiger partial charge on any atom is 0.254 e. The van der Waals surface area contributed by atoms with Crippen molar-refractivity contribution in [2.45, 2.75) is 6.10 Å². The van der Waals surface area contributed by atoms with Gasteiger partial charge >= 0.3 is 0 Å². The molecule has 0 aliphatic heterocycles. The Bertz CT molecular complexity index is 398. The molecule has 4 N–H and O–H groups in total. The first kappa shape index (κ1) is 13.4. The van der Waals surface area contributed by atoms with Crippen molar-refractivity contribution in [2.75, 3.05) is 26.0 Å². The second kappa shape index (κ2) is 6.17. The molecule has 94 valence electrons. The number of nitrogen functional groups attached to an aromatic ring is 1. The van der Waals surface area contributed by atoms with Crippen molar-refractivity contribution in [1.82, 2.24) is 5.32 Å². The number of carbonyl (C=O) groups is 1. The van der Waals surface area contributed by atoms with Gasteiger partial charge in [0.15, 0.2) is 0 Å². The Kier molecular flexibility index (Phi) is 4.86. The SMILES string of the molecule is COCC(O)CNC(=O)c1cc(N)ccc1F. The van der Waals surface area contributed by atoms with E-state index in [4.69, 9.17) is 5.73 Å². The molecule has 5 nitrogen and oxygen atoms in total. The van der Waals surface area contributed by atoms with Crippen LogP contribution in [-0.4, -0.2) is 37.4 Å². The van der Waals surface area contributed by atoms with Crippen LogP contribution < -0.4 is 11.1 Å². The largest absolute Gasteiger partial charge is 0.399 e. The van der Waals surface area contributed by atoms with Gasteiger partial charge in [0.05, 0.1) is 18.3 Å². The number of ether oxygens (including phenoxy) is 1. The zero-order valence-electron chi connectivity index (χ0n) is 9.44. The Balaban J connectivity index is 2.61. The molecular weight excluding hydrogens is 227 g/mol. The highest BCUT2D eigenvalue weighted by atomic mass is 19.1. The molecule has 17 heavy (non-hydrogen) atoms. The average molecular weight is 242 g/mol. The molecule has 0 bridgehead atoms. The predicted molar refractivity (Wildman–Crippen MR) is 61.0 cm³/mol. The standard InChI is InChI=1S/C11H15FN2O3/c1-17-6-8(15)5-14-11(16)9-4-7(13)2-3-10(9)12/h2-4,8,15H,5-6,13H2,1H3,(H,14,16). The van der Waals surface area contributed by atoms with Crippen LogP contribution >= 0.6 is 0 Å². The number of carbonyl (C=O) groups excluding carboxylic acids is 1. The van der Waals surface area contributed by atoms with Gasteiger partial charge in [0.1, 0.15) is 5.82 Å². The Morgan fingerprint density at radius 1 is 1.65 bits per heavy atom. The van der Waals surface area contributed by atoms with Gasteiger partial charge in [-0.2, -0.15) is 0 Å². The highest BCUT2D eigenvalue weighted by Gasteiger charge is 2.13. The van der Waals surface area contributed by atoms with Crippen molar-refractivity contribution in [3.05, 3.63) is 29.6 Å². The van der Waals surface area contributed by atoms with Crippen LogP contribution in [0.5, 0.6) is 0 Å². The second-order valence-electron chi connectivity index (χ2n) is 3.56. The maximum atomic E-state index is 13.3. The van der Waals surface area contributed by atoms with Crippen molar-refractivity contribution < 1.29 is 19.0 Å². The van der Waals surface area contributed by atoms with E-state index in [1.807, 2.05) is 0 Å². The Morgan fingerprint density at radius 3 is 3.00 bits per heavy atom. The number of aliphatic hydroxyl groups excluding tert-OH is 1. The summed E-state index contributed by atoms with van der Waals surface area (Å²) in [5, 5.41) is 11.7. The van der Waals surface area contributed by atoms with Gasteiger partial charge in [0, 0.05) is 19.3 Å². The molecule has 0 aliphatic carbocycles. The minimum absolute atomic E-state index is 0.0130. The number of nitrogens with one attached hydrogen (secondary N) is 1. The molecule has 0 heterocycles. The molecule has 0 spiro atoms. The van der Waals surface area contributed by atoms with E-state index in [-0.39, 0.29) is 18.7 Å². The average Bonchev–Trinajstić information content (AvgIpc) is 2.29. The van der Waals surface area contributed by atoms with Crippen molar-refractivity contribution in [3.63, 3.8) is 0 Å². The zero-order valence-corrected chi connectivity index (χ0v) is 9.44. The predicted octanol–water partition coefficient (Wildman–Crippen LogP) is 0.145. The fourth-order valence-electron chi connectivity index (χ4n) is 1.27. The zero-order chi connectivity index (χ0) is 12.8. The highest BCUT2D eigenvalue weighted by Crippen LogP contribution is 2.11. The summed E-state index contributed by atoms with van der Waals surface area (Å²) in [6.07, 6.45) is -0.826. The Morgan fingerprint density at radius 2 is 2.35 bits per heavy atom. The van der Waals surface area contributed by atoms with Crippen molar-refractivity contribution >= 4 is 11.6 Å².